The lowest BCUT2D eigenvalue weighted by molar-refractivity contribution is -0.138. The zero-order valence-corrected chi connectivity index (χ0v) is 15.5. The Labute approximate surface area is 164 Å². The van der Waals surface area contributed by atoms with Crippen LogP contribution in [0.4, 0.5) is 18.9 Å². The van der Waals surface area contributed by atoms with Gasteiger partial charge in [-0.25, -0.2) is 10.1 Å². The highest BCUT2D eigenvalue weighted by Crippen LogP contribution is 2.36. The number of fused-ring (bicyclic) bond motifs is 1. The summed E-state index contributed by atoms with van der Waals surface area (Å²) in [6.07, 6.45) is -3.75. The quantitative estimate of drug-likeness (QED) is 0.797. The smallest absolute Gasteiger partial charge is 0.423 e. The van der Waals surface area contributed by atoms with Crippen molar-refractivity contribution in [3.8, 4) is 5.88 Å². The van der Waals surface area contributed by atoms with Crippen LogP contribution in [0.2, 0.25) is 0 Å². The molecule has 156 valence electrons. The highest BCUT2D eigenvalue weighted by molar-refractivity contribution is 5.55. The molecule has 2 aromatic heterocycles. The van der Waals surface area contributed by atoms with Gasteiger partial charge in [0.25, 0.3) is 5.56 Å². The van der Waals surface area contributed by atoms with E-state index in [4.69, 9.17) is 9.47 Å². The van der Waals surface area contributed by atoms with Crippen LogP contribution in [0.25, 0.3) is 0 Å². The number of aromatic nitrogens is 3. The van der Waals surface area contributed by atoms with Gasteiger partial charge in [-0.05, 0) is 11.6 Å². The second-order valence-electron chi connectivity index (χ2n) is 6.87. The molecule has 4 heterocycles. The van der Waals surface area contributed by atoms with Gasteiger partial charge in [0.05, 0.1) is 37.3 Å². The molecule has 0 spiro atoms. The van der Waals surface area contributed by atoms with E-state index in [9.17, 15) is 18.0 Å². The van der Waals surface area contributed by atoms with Crippen molar-refractivity contribution in [2.24, 2.45) is 0 Å². The van der Waals surface area contributed by atoms with Crippen LogP contribution < -0.4 is 15.2 Å². The minimum absolute atomic E-state index is 0.143. The number of pyridine rings is 1. The average molecular weight is 411 g/mol. The highest BCUT2D eigenvalue weighted by Gasteiger charge is 2.39. The molecule has 8 nitrogen and oxygen atoms in total. The Hall–Kier alpha value is -2.66. The Morgan fingerprint density at radius 3 is 2.76 bits per heavy atom. The summed E-state index contributed by atoms with van der Waals surface area (Å²) < 4.78 is 51.0. The van der Waals surface area contributed by atoms with Crippen LogP contribution in [0.1, 0.15) is 16.8 Å². The van der Waals surface area contributed by atoms with Crippen LogP contribution in [-0.2, 0) is 24.0 Å². The summed E-state index contributed by atoms with van der Waals surface area (Å²) in [5.41, 5.74) is -1.34. The van der Waals surface area contributed by atoms with Crippen molar-refractivity contribution >= 4 is 5.69 Å². The van der Waals surface area contributed by atoms with Gasteiger partial charge in [0, 0.05) is 32.2 Å². The molecule has 4 rings (SSSR count). The monoisotopic (exact) mass is 411 g/mol. The molecule has 0 bridgehead atoms. The standard InChI is InChI=1S/C18H20F3N5O3/c19-18(20,21)16-14(9-22-24-17(16)27)26-10-12-1-2-15(23-13(12)11-26)29-8-5-25-3-6-28-7-4-25/h1-2,9H,3-8,10-11H2,(H,24,27). The van der Waals surface area contributed by atoms with Gasteiger partial charge in [0.15, 0.2) is 0 Å². The van der Waals surface area contributed by atoms with Crippen molar-refractivity contribution in [3.05, 3.63) is 45.5 Å². The maximum atomic E-state index is 13.3. The summed E-state index contributed by atoms with van der Waals surface area (Å²) in [5.74, 6) is 0.430. The first-order chi connectivity index (χ1) is 13.9. The average Bonchev–Trinajstić information content (AvgIpc) is 3.11. The van der Waals surface area contributed by atoms with Crippen molar-refractivity contribution in [3.63, 3.8) is 0 Å². The predicted octanol–water partition coefficient (Wildman–Crippen LogP) is 1.41. The summed E-state index contributed by atoms with van der Waals surface area (Å²) in [4.78, 5) is 19.8. The number of ether oxygens (including phenoxy) is 2. The van der Waals surface area contributed by atoms with E-state index in [0.29, 0.717) is 31.4 Å². The lowest BCUT2D eigenvalue weighted by Crippen LogP contribution is -2.38. The van der Waals surface area contributed by atoms with Crippen LogP contribution >= 0.6 is 0 Å². The van der Waals surface area contributed by atoms with Crippen molar-refractivity contribution < 1.29 is 22.6 Å². The molecule has 1 fully saturated rings. The Morgan fingerprint density at radius 1 is 1.21 bits per heavy atom. The molecule has 2 aliphatic heterocycles. The van der Waals surface area contributed by atoms with Gasteiger partial charge in [-0.3, -0.25) is 9.69 Å². The molecule has 2 aromatic rings. The number of halogens is 3. The number of H-pyrrole nitrogens is 1. The topological polar surface area (TPSA) is 83.6 Å². The lowest BCUT2D eigenvalue weighted by atomic mass is 10.2. The molecular weight excluding hydrogens is 391 g/mol. The van der Waals surface area contributed by atoms with Gasteiger partial charge in [0.1, 0.15) is 12.2 Å². The molecule has 1 N–H and O–H groups in total. The molecule has 29 heavy (non-hydrogen) atoms. The summed E-state index contributed by atoms with van der Waals surface area (Å²) in [6.45, 7) is 4.72. The second kappa shape index (κ2) is 7.99. The Kier molecular flexibility index (Phi) is 5.41. The first kappa shape index (κ1) is 19.6. The predicted molar refractivity (Wildman–Crippen MR) is 96.7 cm³/mol. The molecule has 0 unspecified atom stereocenters. The zero-order chi connectivity index (χ0) is 20.4. The minimum atomic E-state index is -4.78. The molecule has 2 aliphatic rings. The fourth-order valence-electron chi connectivity index (χ4n) is 3.49. The van der Waals surface area contributed by atoms with Gasteiger partial charge in [-0.15, -0.1) is 0 Å². The fraction of sp³-hybridized carbons (Fsp3) is 0.500. The van der Waals surface area contributed by atoms with Crippen LogP contribution in [0, 0.1) is 0 Å². The highest BCUT2D eigenvalue weighted by atomic mass is 19.4. The van der Waals surface area contributed by atoms with Gasteiger partial charge in [0.2, 0.25) is 5.88 Å². The van der Waals surface area contributed by atoms with Crippen molar-refractivity contribution in [2.45, 2.75) is 19.3 Å². The zero-order valence-electron chi connectivity index (χ0n) is 15.5. The molecule has 0 atom stereocenters. The summed E-state index contributed by atoms with van der Waals surface area (Å²) in [6, 6.07) is 3.50. The summed E-state index contributed by atoms with van der Waals surface area (Å²) in [7, 11) is 0. The molecule has 0 saturated carbocycles. The molecule has 1 saturated heterocycles. The Bertz CT molecular complexity index is 928. The minimum Gasteiger partial charge on any atom is -0.476 e. The number of rotatable bonds is 5. The van der Waals surface area contributed by atoms with Crippen LogP contribution in [0.3, 0.4) is 0 Å². The first-order valence-corrected chi connectivity index (χ1v) is 9.23. The Balaban J connectivity index is 1.44. The number of aromatic amines is 1. The fourth-order valence-corrected chi connectivity index (χ4v) is 3.49. The van der Waals surface area contributed by atoms with Crippen molar-refractivity contribution in [1.29, 1.82) is 0 Å². The largest absolute Gasteiger partial charge is 0.476 e. The van der Waals surface area contributed by atoms with E-state index >= 15 is 0 Å². The van der Waals surface area contributed by atoms with E-state index < -0.39 is 17.3 Å². The summed E-state index contributed by atoms with van der Waals surface area (Å²) in [5, 5.41) is 5.38. The molecule has 0 amide bonds. The van der Waals surface area contributed by atoms with E-state index in [2.05, 4.69) is 15.0 Å². The van der Waals surface area contributed by atoms with Gasteiger partial charge >= 0.3 is 6.18 Å². The molecule has 11 heteroatoms. The molecule has 0 aromatic carbocycles. The van der Waals surface area contributed by atoms with E-state index in [1.54, 1.807) is 12.1 Å². The third-order valence-electron chi connectivity index (χ3n) is 4.97. The number of hydrogen-bond acceptors (Lipinski definition) is 7. The summed E-state index contributed by atoms with van der Waals surface area (Å²) >= 11 is 0. The van der Waals surface area contributed by atoms with E-state index in [1.165, 1.54) is 4.90 Å². The van der Waals surface area contributed by atoms with E-state index in [-0.39, 0.29) is 18.8 Å². The lowest BCUT2D eigenvalue weighted by Gasteiger charge is -2.26. The number of anilines is 1. The first-order valence-electron chi connectivity index (χ1n) is 9.23. The maximum Gasteiger partial charge on any atom is 0.423 e. The van der Waals surface area contributed by atoms with Gasteiger partial charge in [-0.1, -0.05) is 0 Å². The van der Waals surface area contributed by atoms with Gasteiger partial charge in [-0.2, -0.15) is 18.3 Å². The number of hydrogen-bond donors (Lipinski definition) is 1. The van der Waals surface area contributed by atoms with Crippen LogP contribution in [0.5, 0.6) is 5.88 Å². The number of nitrogens with zero attached hydrogens (tertiary/aromatic N) is 4. The third kappa shape index (κ3) is 4.35. The van der Waals surface area contributed by atoms with Gasteiger partial charge < -0.3 is 14.4 Å². The molecular formula is C18H20F3N5O3. The Morgan fingerprint density at radius 2 is 2.00 bits per heavy atom. The number of alkyl halides is 3. The number of nitrogens with one attached hydrogen (secondary N) is 1. The molecule has 0 radical (unpaired) electrons. The normalized spacial score (nSPS) is 17.4. The molecule has 0 aliphatic carbocycles. The van der Waals surface area contributed by atoms with Crippen molar-refractivity contribution in [1.82, 2.24) is 20.1 Å². The third-order valence-corrected chi connectivity index (χ3v) is 4.97. The van der Waals surface area contributed by atoms with E-state index in [1.807, 2.05) is 5.10 Å². The van der Waals surface area contributed by atoms with Crippen LogP contribution in [0.15, 0.2) is 23.1 Å². The SMILES string of the molecule is O=c1[nH]ncc(N2Cc3ccc(OCCN4CCOCC4)nc3C2)c1C(F)(F)F. The maximum absolute atomic E-state index is 13.3. The second-order valence-corrected chi connectivity index (χ2v) is 6.87. The number of morpholine rings is 1. The van der Waals surface area contributed by atoms with Crippen molar-refractivity contribution in [2.75, 3.05) is 44.4 Å². The van der Waals surface area contributed by atoms with Crippen LogP contribution in [-0.4, -0.2) is 59.5 Å². The van der Waals surface area contributed by atoms with E-state index in [0.717, 1.165) is 31.4 Å².